The van der Waals surface area contributed by atoms with E-state index < -0.39 is 39.0 Å². The number of esters is 1. The van der Waals surface area contributed by atoms with Gasteiger partial charge in [-0.3, -0.25) is 24.5 Å². The van der Waals surface area contributed by atoms with Gasteiger partial charge < -0.3 is 10.1 Å². The maximum atomic E-state index is 12.8. The van der Waals surface area contributed by atoms with E-state index in [1.54, 1.807) is 19.9 Å². The quantitative estimate of drug-likeness (QED) is 0.311. The number of carbonyl (C=O) groups is 2. The zero-order valence-corrected chi connectivity index (χ0v) is 19.4. The molecule has 2 aromatic carbocycles. The second-order valence-electron chi connectivity index (χ2n) is 7.21. The van der Waals surface area contributed by atoms with Crippen molar-refractivity contribution in [3.63, 3.8) is 0 Å². The molecule has 0 aliphatic rings. The Hall–Kier alpha value is -3.35. The maximum Gasteiger partial charge on any atom is 0.308 e. The van der Waals surface area contributed by atoms with Gasteiger partial charge in [0.25, 0.3) is 21.6 Å². The average molecular weight is 480 g/mol. The number of sulfonamides is 1. The van der Waals surface area contributed by atoms with E-state index >= 15 is 0 Å². The molecule has 1 N–H and O–H groups in total. The first-order valence-corrected chi connectivity index (χ1v) is 11.3. The lowest BCUT2D eigenvalue weighted by atomic mass is 10.0. The number of nitrogens with one attached hydrogen (secondary N) is 1. The van der Waals surface area contributed by atoms with E-state index in [4.69, 9.17) is 9.57 Å². The Morgan fingerprint density at radius 2 is 1.73 bits per heavy atom. The number of carbonyl (C=O) groups excluding carboxylic acids is 2. The minimum atomic E-state index is -3.90. The number of hydrogen-bond acceptors (Lipinski definition) is 8. The number of rotatable bonds is 10. The molecule has 11 nitrogen and oxygen atoms in total. The summed E-state index contributed by atoms with van der Waals surface area (Å²) < 4.78 is 30.4. The van der Waals surface area contributed by atoms with Crippen molar-refractivity contribution in [1.82, 2.24) is 9.79 Å². The molecule has 1 atom stereocenters. The Bertz CT molecular complexity index is 1120. The van der Waals surface area contributed by atoms with Crippen LogP contribution in [0.1, 0.15) is 42.2 Å². The van der Waals surface area contributed by atoms with Crippen LogP contribution in [0.15, 0.2) is 53.4 Å². The van der Waals surface area contributed by atoms with Crippen LogP contribution in [0.25, 0.3) is 0 Å². The standard InChI is InChI=1S/C21H25N3O8S/c1-14(2)32-20(25)13-18(17-7-5-6-8-19(17)24(27)28)22-21(26)15-9-11-16(12-10-15)33(29,30)23(3)31-4/h5-12,14,18H,13H2,1-4H3,(H,22,26). The van der Waals surface area contributed by atoms with Crippen LogP contribution in [-0.2, 0) is 24.4 Å². The molecule has 178 valence electrons. The molecule has 0 radical (unpaired) electrons. The third kappa shape index (κ3) is 6.57. The summed E-state index contributed by atoms with van der Waals surface area (Å²) in [6.45, 7) is 3.32. The molecule has 0 aliphatic heterocycles. The second kappa shape index (κ2) is 11.0. The van der Waals surface area contributed by atoms with Gasteiger partial charge in [-0.2, -0.15) is 0 Å². The molecule has 0 aliphatic carbocycles. The van der Waals surface area contributed by atoms with Crippen molar-refractivity contribution in [2.75, 3.05) is 14.2 Å². The first kappa shape index (κ1) is 25.9. The fraction of sp³-hybridized carbons (Fsp3) is 0.333. The highest BCUT2D eigenvalue weighted by molar-refractivity contribution is 7.89. The molecule has 0 fully saturated rings. The fourth-order valence-electron chi connectivity index (χ4n) is 2.93. The van der Waals surface area contributed by atoms with E-state index in [0.29, 0.717) is 4.47 Å². The molecule has 2 rings (SSSR count). The monoisotopic (exact) mass is 479 g/mol. The summed E-state index contributed by atoms with van der Waals surface area (Å²) in [6.07, 6.45) is -0.737. The summed E-state index contributed by atoms with van der Waals surface area (Å²) in [5, 5.41) is 14.1. The van der Waals surface area contributed by atoms with E-state index in [1.807, 2.05) is 0 Å². The zero-order valence-electron chi connectivity index (χ0n) is 18.5. The lowest BCUT2D eigenvalue weighted by molar-refractivity contribution is -0.385. The Labute approximate surface area is 191 Å². The molecule has 0 aromatic heterocycles. The summed E-state index contributed by atoms with van der Waals surface area (Å²) in [4.78, 5) is 40.6. The molecule has 0 bridgehead atoms. The molecule has 12 heteroatoms. The summed E-state index contributed by atoms with van der Waals surface area (Å²) in [7, 11) is -1.47. The van der Waals surface area contributed by atoms with Gasteiger partial charge in [0, 0.05) is 18.7 Å². The van der Waals surface area contributed by atoms with E-state index in [1.165, 1.54) is 56.6 Å². The van der Waals surface area contributed by atoms with Gasteiger partial charge in [0.05, 0.1) is 41.1 Å². The summed E-state index contributed by atoms with van der Waals surface area (Å²) in [5.41, 5.74) is -0.0310. The number of nitrogens with zero attached hydrogens (tertiary/aromatic N) is 2. The van der Waals surface area contributed by atoms with E-state index in [-0.39, 0.29) is 28.1 Å². The Morgan fingerprint density at radius 3 is 2.27 bits per heavy atom. The van der Waals surface area contributed by atoms with Crippen LogP contribution in [-0.4, -0.2) is 49.9 Å². The van der Waals surface area contributed by atoms with E-state index in [9.17, 15) is 28.1 Å². The Balaban J connectivity index is 2.33. The topological polar surface area (TPSA) is 145 Å². The third-order valence-corrected chi connectivity index (χ3v) is 6.26. The van der Waals surface area contributed by atoms with Crippen LogP contribution in [0.5, 0.6) is 0 Å². The van der Waals surface area contributed by atoms with Crippen molar-refractivity contribution in [3.05, 3.63) is 69.8 Å². The first-order chi connectivity index (χ1) is 15.5. The summed E-state index contributed by atoms with van der Waals surface area (Å²) >= 11 is 0. The van der Waals surface area contributed by atoms with E-state index in [0.717, 1.165) is 0 Å². The van der Waals surface area contributed by atoms with Crippen molar-refractivity contribution in [2.24, 2.45) is 0 Å². The van der Waals surface area contributed by atoms with Crippen molar-refractivity contribution in [1.29, 1.82) is 0 Å². The van der Waals surface area contributed by atoms with Crippen molar-refractivity contribution < 1.29 is 32.5 Å². The molecule has 0 saturated heterocycles. The molecule has 0 heterocycles. The normalized spacial score (nSPS) is 12.4. The molecule has 2 aromatic rings. The van der Waals surface area contributed by atoms with Crippen LogP contribution in [0.3, 0.4) is 0 Å². The van der Waals surface area contributed by atoms with Crippen LogP contribution in [0.2, 0.25) is 0 Å². The van der Waals surface area contributed by atoms with Gasteiger partial charge in [0.15, 0.2) is 0 Å². The number of hydrogen-bond donors (Lipinski definition) is 1. The Kier molecular flexibility index (Phi) is 8.63. The predicted octanol–water partition coefficient (Wildman–Crippen LogP) is 2.59. The number of nitro benzene ring substituents is 1. The van der Waals surface area contributed by atoms with E-state index in [2.05, 4.69) is 5.32 Å². The third-order valence-electron chi connectivity index (χ3n) is 4.56. The second-order valence-corrected chi connectivity index (χ2v) is 9.14. The van der Waals surface area contributed by atoms with Gasteiger partial charge in [-0.05, 0) is 38.1 Å². The van der Waals surface area contributed by atoms with Gasteiger partial charge in [-0.15, -0.1) is 0 Å². The van der Waals surface area contributed by atoms with Gasteiger partial charge in [0.1, 0.15) is 0 Å². The van der Waals surface area contributed by atoms with Crippen LogP contribution in [0.4, 0.5) is 5.69 Å². The predicted molar refractivity (Wildman–Crippen MR) is 118 cm³/mol. The number of nitro groups is 1. The number of ether oxygens (including phenoxy) is 1. The van der Waals surface area contributed by atoms with Crippen LogP contribution in [0, 0.1) is 10.1 Å². The Morgan fingerprint density at radius 1 is 1.12 bits per heavy atom. The average Bonchev–Trinajstić information content (AvgIpc) is 2.77. The SMILES string of the molecule is CON(C)S(=O)(=O)c1ccc(C(=O)NC(CC(=O)OC(C)C)c2ccccc2[N+](=O)[O-])cc1. The molecule has 1 unspecified atom stereocenters. The molecule has 1 amide bonds. The number of benzene rings is 2. The van der Waals surface area contributed by atoms with Crippen LogP contribution < -0.4 is 5.32 Å². The number of hydroxylamine groups is 1. The van der Waals surface area contributed by atoms with Gasteiger partial charge >= 0.3 is 5.97 Å². The molecule has 33 heavy (non-hydrogen) atoms. The molecule has 0 spiro atoms. The lowest BCUT2D eigenvalue weighted by Gasteiger charge is -2.20. The van der Waals surface area contributed by atoms with Gasteiger partial charge in [0.2, 0.25) is 0 Å². The minimum absolute atomic E-state index is 0.0924. The maximum absolute atomic E-state index is 12.8. The van der Waals surface area contributed by atoms with Gasteiger partial charge in [-0.1, -0.05) is 22.7 Å². The van der Waals surface area contributed by atoms with Crippen molar-refractivity contribution in [3.8, 4) is 0 Å². The van der Waals surface area contributed by atoms with Crippen molar-refractivity contribution in [2.45, 2.75) is 37.3 Å². The first-order valence-electron chi connectivity index (χ1n) is 9.84. The highest BCUT2D eigenvalue weighted by Crippen LogP contribution is 2.28. The summed E-state index contributed by atoms with van der Waals surface area (Å²) in [6, 6.07) is 9.73. The summed E-state index contributed by atoms with van der Waals surface area (Å²) in [5.74, 6) is -1.29. The lowest BCUT2D eigenvalue weighted by Crippen LogP contribution is -2.31. The smallest absolute Gasteiger partial charge is 0.308 e. The fourth-order valence-corrected chi connectivity index (χ4v) is 3.90. The molecular formula is C21H25N3O8S. The minimum Gasteiger partial charge on any atom is -0.463 e. The van der Waals surface area contributed by atoms with Crippen molar-refractivity contribution >= 4 is 27.6 Å². The highest BCUT2D eigenvalue weighted by atomic mass is 32.2. The molecule has 0 saturated carbocycles. The van der Waals surface area contributed by atoms with Gasteiger partial charge in [-0.25, -0.2) is 8.42 Å². The molecular weight excluding hydrogens is 454 g/mol. The number of para-hydroxylation sites is 1. The number of amides is 1. The zero-order chi connectivity index (χ0) is 24.8. The van der Waals surface area contributed by atoms with Crippen LogP contribution >= 0.6 is 0 Å². The largest absolute Gasteiger partial charge is 0.463 e. The highest BCUT2D eigenvalue weighted by Gasteiger charge is 2.27.